The van der Waals surface area contributed by atoms with Gasteiger partial charge in [0.1, 0.15) is 8.07 Å². The van der Waals surface area contributed by atoms with Gasteiger partial charge < -0.3 is 4.90 Å². The van der Waals surface area contributed by atoms with E-state index in [4.69, 9.17) is 11.6 Å². The molecule has 0 aliphatic heterocycles. The third-order valence-electron chi connectivity index (χ3n) is 5.68. The monoisotopic (exact) mass is 462 g/mol. The number of hydrogen-bond donors (Lipinski definition) is 0. The predicted octanol–water partition coefficient (Wildman–Crippen LogP) is 5.67. The van der Waals surface area contributed by atoms with Gasteiger partial charge in [-0.05, 0) is 47.0 Å². The predicted molar refractivity (Wildman–Crippen MR) is 119 cm³/mol. The highest BCUT2D eigenvalue weighted by atomic mass is 35.5. The molecular weight excluding hydrogens is 441 g/mol. The quantitative estimate of drug-likeness (QED) is 0.458. The van der Waals surface area contributed by atoms with Crippen LogP contribution in [-0.2, 0) is 6.18 Å². The van der Waals surface area contributed by atoms with E-state index < -0.39 is 31.4 Å². The second-order valence-corrected chi connectivity index (χ2v) is 13.6. The molecule has 0 atom stereocenters. The number of hydrogen-bond acceptors (Lipinski definition) is 2. The molecule has 1 saturated carbocycles. The van der Waals surface area contributed by atoms with Crippen LogP contribution in [0.25, 0.3) is 10.8 Å². The van der Waals surface area contributed by atoms with Crippen molar-refractivity contribution in [3.8, 4) is 0 Å². The van der Waals surface area contributed by atoms with Crippen molar-refractivity contribution in [2.45, 2.75) is 38.2 Å². The summed E-state index contributed by atoms with van der Waals surface area (Å²) in [4.78, 5) is 18.4. The Kier molecular flexibility index (Phi) is 5.60. The Labute approximate surface area is 184 Å². The summed E-state index contributed by atoms with van der Waals surface area (Å²) in [6.45, 7) is 4.22. The molecule has 1 aliphatic carbocycles. The third kappa shape index (κ3) is 4.34. The summed E-state index contributed by atoms with van der Waals surface area (Å²) in [6.07, 6.45) is -1.65. The van der Waals surface area contributed by atoms with Crippen molar-refractivity contribution in [2.24, 2.45) is 0 Å². The van der Waals surface area contributed by atoms with Gasteiger partial charge in [0.05, 0.1) is 5.56 Å². The second-order valence-electron chi connectivity index (χ2n) is 8.59. The van der Waals surface area contributed by atoms with Crippen molar-refractivity contribution >= 4 is 41.5 Å². The Morgan fingerprint density at radius 1 is 1.13 bits per heavy atom. The van der Waals surface area contributed by atoms with Crippen LogP contribution < -0.4 is 5.19 Å². The smallest absolute Gasteiger partial charge is 0.338 e. The Morgan fingerprint density at radius 2 is 1.84 bits per heavy atom. The maximum Gasteiger partial charge on any atom is 0.434 e. The zero-order valence-electron chi connectivity index (χ0n) is 17.2. The molecular formula is C23H22ClF3N2OSi. The van der Waals surface area contributed by atoms with Crippen LogP contribution in [0.4, 0.5) is 13.2 Å². The number of carbonyl (C=O) groups excluding carboxylic acids is 1. The molecule has 0 spiro atoms. The van der Waals surface area contributed by atoms with Crippen LogP contribution in [0.3, 0.4) is 0 Å². The molecule has 2 aromatic carbocycles. The average Bonchev–Trinajstić information content (AvgIpc) is 3.56. The molecule has 0 N–H and O–H groups in total. The third-order valence-corrected chi connectivity index (χ3v) is 9.17. The van der Waals surface area contributed by atoms with Crippen molar-refractivity contribution in [1.29, 1.82) is 0 Å². The minimum atomic E-state index is -4.69. The zero-order chi connectivity index (χ0) is 22.4. The highest BCUT2D eigenvalue weighted by molar-refractivity contribution is 6.93. The number of carbonyl (C=O) groups is 1. The summed E-state index contributed by atoms with van der Waals surface area (Å²) in [5.74, 6) is -0.611. The summed E-state index contributed by atoms with van der Waals surface area (Å²) in [6, 6.07) is 14.3. The van der Waals surface area contributed by atoms with E-state index in [-0.39, 0.29) is 6.04 Å². The Hall–Kier alpha value is -2.38. The molecule has 3 aromatic rings. The molecule has 1 amide bonds. The molecule has 0 saturated heterocycles. The van der Waals surface area contributed by atoms with Gasteiger partial charge in [-0.1, -0.05) is 55.0 Å². The number of halogens is 4. The highest BCUT2D eigenvalue weighted by Crippen LogP contribution is 2.34. The van der Waals surface area contributed by atoms with Gasteiger partial charge in [-0.15, -0.1) is 0 Å². The second kappa shape index (κ2) is 7.95. The normalized spacial score (nSPS) is 14.6. The maximum atomic E-state index is 13.5. The summed E-state index contributed by atoms with van der Waals surface area (Å²) in [5.41, 5.74) is -1.52. The number of pyridine rings is 1. The summed E-state index contributed by atoms with van der Waals surface area (Å²) in [7, 11) is -2.36. The topological polar surface area (TPSA) is 33.2 Å². The summed E-state index contributed by atoms with van der Waals surface area (Å²) >= 11 is 6.62. The number of nitrogens with zero attached hydrogens (tertiary/aromatic N) is 2. The first-order valence-corrected chi connectivity index (χ1v) is 13.7. The summed E-state index contributed by atoms with van der Waals surface area (Å²) < 4.78 is 40.4. The van der Waals surface area contributed by atoms with E-state index in [1.807, 2.05) is 36.4 Å². The maximum absolute atomic E-state index is 13.5. The van der Waals surface area contributed by atoms with E-state index in [1.165, 1.54) is 12.1 Å². The van der Waals surface area contributed by atoms with Crippen LogP contribution >= 0.6 is 11.6 Å². The van der Waals surface area contributed by atoms with Gasteiger partial charge in [-0.2, -0.15) is 13.2 Å². The molecule has 162 valence electrons. The number of aromatic nitrogens is 1. The van der Waals surface area contributed by atoms with Gasteiger partial charge in [-0.25, -0.2) is 0 Å². The lowest BCUT2D eigenvalue weighted by molar-refractivity contribution is -0.141. The van der Waals surface area contributed by atoms with Crippen LogP contribution in [0.1, 0.15) is 28.9 Å². The summed E-state index contributed by atoms with van der Waals surface area (Å²) in [5, 5.41) is 3.74. The molecule has 1 aromatic heterocycles. The van der Waals surface area contributed by atoms with Gasteiger partial charge in [0.15, 0.2) is 5.69 Å². The van der Waals surface area contributed by atoms with Crippen LogP contribution in [0.15, 0.2) is 54.7 Å². The number of fused-ring (bicyclic) bond motifs is 1. The molecule has 31 heavy (non-hydrogen) atoms. The average molecular weight is 463 g/mol. The highest BCUT2D eigenvalue weighted by Gasteiger charge is 2.43. The van der Waals surface area contributed by atoms with Crippen LogP contribution in [0.5, 0.6) is 0 Å². The fourth-order valence-corrected chi connectivity index (χ4v) is 8.18. The molecule has 1 fully saturated rings. The Balaban J connectivity index is 1.74. The molecule has 4 rings (SSSR count). The van der Waals surface area contributed by atoms with E-state index in [9.17, 15) is 18.0 Å². The van der Waals surface area contributed by atoms with Gasteiger partial charge in [0.2, 0.25) is 0 Å². The number of benzene rings is 2. The SMILES string of the molecule is C[Si](C)(CN(C(=O)c1cccnc1C(F)(F)F)C1CC1)c1c(Cl)ccc2ccccc12. The van der Waals surface area contributed by atoms with Crippen molar-refractivity contribution in [3.05, 3.63) is 71.0 Å². The van der Waals surface area contributed by atoms with E-state index in [2.05, 4.69) is 18.1 Å². The van der Waals surface area contributed by atoms with E-state index >= 15 is 0 Å². The molecule has 1 heterocycles. The minimum absolute atomic E-state index is 0.0469. The first-order valence-electron chi connectivity index (χ1n) is 10.1. The van der Waals surface area contributed by atoms with Crippen LogP contribution in [0.2, 0.25) is 18.1 Å². The van der Waals surface area contributed by atoms with Gasteiger partial charge in [0, 0.05) is 23.4 Å². The Bertz CT molecular complexity index is 1150. The van der Waals surface area contributed by atoms with Crippen molar-refractivity contribution < 1.29 is 18.0 Å². The standard InChI is InChI=1S/C23H22ClF3N2OSi/c1-31(2,20-17-7-4-3-6-15(17)9-12-19(20)24)14-29(16-10-11-16)22(30)18-8-5-13-28-21(18)23(25,26)27/h3-9,12-13,16H,10-11,14H2,1-2H3. The van der Waals surface area contributed by atoms with Crippen molar-refractivity contribution in [2.75, 3.05) is 6.17 Å². The van der Waals surface area contributed by atoms with E-state index in [1.54, 1.807) is 4.90 Å². The van der Waals surface area contributed by atoms with E-state index in [0.29, 0.717) is 11.2 Å². The number of rotatable bonds is 5. The van der Waals surface area contributed by atoms with Crippen molar-refractivity contribution in [3.63, 3.8) is 0 Å². The van der Waals surface area contributed by atoms with Gasteiger partial charge in [-0.3, -0.25) is 9.78 Å². The van der Waals surface area contributed by atoms with Gasteiger partial charge >= 0.3 is 6.18 Å². The van der Waals surface area contributed by atoms with Gasteiger partial charge in [0.25, 0.3) is 5.91 Å². The first-order chi connectivity index (χ1) is 14.6. The van der Waals surface area contributed by atoms with Crippen LogP contribution in [-0.4, -0.2) is 36.1 Å². The molecule has 8 heteroatoms. The fourth-order valence-electron chi connectivity index (χ4n) is 4.15. The fraction of sp³-hybridized carbons (Fsp3) is 0.304. The Morgan fingerprint density at radius 3 is 2.52 bits per heavy atom. The molecule has 0 unspecified atom stereocenters. The lowest BCUT2D eigenvalue weighted by Gasteiger charge is -2.33. The lowest BCUT2D eigenvalue weighted by atomic mass is 10.1. The zero-order valence-corrected chi connectivity index (χ0v) is 19.0. The molecule has 0 bridgehead atoms. The lowest BCUT2D eigenvalue weighted by Crippen LogP contribution is -2.54. The molecule has 3 nitrogen and oxygen atoms in total. The number of alkyl halides is 3. The molecule has 0 radical (unpaired) electrons. The first kappa shape index (κ1) is 21.8. The van der Waals surface area contributed by atoms with E-state index in [0.717, 1.165) is 35.0 Å². The molecule has 1 aliphatic rings. The van der Waals surface area contributed by atoms with Crippen LogP contribution in [0, 0.1) is 0 Å². The minimum Gasteiger partial charge on any atom is -0.338 e. The largest absolute Gasteiger partial charge is 0.434 e. The van der Waals surface area contributed by atoms with Crippen molar-refractivity contribution in [1.82, 2.24) is 9.88 Å². The number of amides is 1.